The first kappa shape index (κ1) is 93.6. The maximum Gasteiger partial charge on any atom is 0.472 e. The lowest BCUT2D eigenvalue weighted by molar-refractivity contribution is -0.870. The minimum atomic E-state index is -4.40. The Morgan fingerprint density at radius 1 is 0.316 bits per heavy atom. The number of hydrogen-bond acceptors (Lipinski definition) is 7. The number of carbonyl (C=O) groups excluding carboxylic acids is 2. The van der Waals surface area contributed by atoms with E-state index in [-0.39, 0.29) is 32.0 Å². The number of nitrogens with zero attached hydrogens (tertiary/aromatic N) is 1. The van der Waals surface area contributed by atoms with Crippen molar-refractivity contribution in [1.82, 2.24) is 0 Å². The summed E-state index contributed by atoms with van der Waals surface area (Å²) in [5.41, 5.74) is 0. The number of likely N-dealkylation sites (N-methyl/N-ethyl adjacent to an activating group) is 1. The van der Waals surface area contributed by atoms with Crippen LogP contribution in [0.2, 0.25) is 0 Å². The number of unbranched alkanes of at least 4 members (excludes halogenated alkanes) is 33. The third-order valence-electron chi connectivity index (χ3n) is 17.1. The highest BCUT2D eigenvalue weighted by Crippen LogP contribution is 2.43. The van der Waals surface area contributed by atoms with Crippen LogP contribution in [0.3, 0.4) is 0 Å². The van der Waals surface area contributed by atoms with Gasteiger partial charge >= 0.3 is 19.8 Å². The monoisotopic (exact) mass is 1380 g/mol. The number of ether oxygens (including phenoxy) is 2. The van der Waals surface area contributed by atoms with E-state index in [9.17, 15) is 19.0 Å². The Kier molecular flexibility index (Phi) is 73.4. The summed E-state index contributed by atoms with van der Waals surface area (Å²) in [6, 6.07) is 0. The maximum atomic E-state index is 12.9. The molecule has 10 heteroatoms. The van der Waals surface area contributed by atoms with Crippen molar-refractivity contribution in [3.63, 3.8) is 0 Å². The van der Waals surface area contributed by atoms with Crippen LogP contribution in [0.5, 0.6) is 0 Å². The zero-order valence-electron chi connectivity index (χ0n) is 64.0. The molecule has 0 aromatic rings. The normalized spacial score (nSPS) is 13.9. The average Bonchev–Trinajstić information content (AvgIpc) is 1.08. The van der Waals surface area contributed by atoms with Crippen LogP contribution in [-0.2, 0) is 32.7 Å². The fourth-order valence-electron chi connectivity index (χ4n) is 11.0. The molecule has 0 rings (SSSR count). The van der Waals surface area contributed by atoms with Crippen LogP contribution in [0, 0.1) is 0 Å². The largest absolute Gasteiger partial charge is 0.472 e. The van der Waals surface area contributed by atoms with E-state index >= 15 is 0 Å². The van der Waals surface area contributed by atoms with Gasteiger partial charge in [0.25, 0.3) is 0 Å². The van der Waals surface area contributed by atoms with Crippen molar-refractivity contribution in [2.24, 2.45) is 0 Å². The fraction of sp³-hybridized carbons (Fsp3) is 0.682. The minimum absolute atomic E-state index is 0.0265. The molecule has 0 aromatic carbocycles. The first-order chi connectivity index (χ1) is 48.0. The molecular formula is C88H151NO8P+. The van der Waals surface area contributed by atoms with Crippen LogP contribution in [0.15, 0.2) is 158 Å². The van der Waals surface area contributed by atoms with E-state index in [1.165, 1.54) is 173 Å². The van der Waals surface area contributed by atoms with Gasteiger partial charge in [-0.05, 0) is 122 Å². The second-order valence-corrected chi connectivity index (χ2v) is 29.1. The predicted octanol–water partition coefficient (Wildman–Crippen LogP) is 27.1. The third-order valence-corrected chi connectivity index (χ3v) is 18.0. The first-order valence-electron chi connectivity index (χ1n) is 40.2. The van der Waals surface area contributed by atoms with Crippen LogP contribution >= 0.6 is 7.82 Å². The van der Waals surface area contributed by atoms with E-state index in [0.717, 1.165) is 128 Å². The molecule has 0 amide bonds. The standard InChI is InChI=1S/C88H150NO8P/c1-6-8-10-12-14-16-18-20-22-24-26-28-30-32-34-36-38-40-41-42-43-44-45-46-47-49-50-52-54-56-58-60-62-64-66-68-70-72-74-76-78-80-87(90)94-84-86(85-96-98(92,93)95-83-82-89(3,4)5)97-88(91)81-79-77-75-73-71-69-67-65-63-61-59-57-55-53-51-48-39-37-35-33-31-29-27-25-23-21-19-17-15-13-11-9-7-2/h8-11,14-17,20-23,26-29,32-35,38-40,48,53,55,86H,6-7,12-13,18-19,24-25,30-31,36-37,41-47,49-52,54,56-85H2,1-5H3/p+1/b10-8-,11-9-,16-14-,17-15-,22-20-,23-21-,28-26-,29-27-,34-32-,35-33-,40-38-,48-39-,55-53-. The number of carbonyl (C=O) groups is 2. The summed E-state index contributed by atoms with van der Waals surface area (Å²) in [6.07, 6.45) is 115. The lowest BCUT2D eigenvalue weighted by atomic mass is 10.0. The second kappa shape index (κ2) is 76.8. The van der Waals surface area contributed by atoms with E-state index in [0.29, 0.717) is 17.4 Å². The lowest BCUT2D eigenvalue weighted by Gasteiger charge is -2.24. The van der Waals surface area contributed by atoms with Crippen LogP contribution in [-0.4, -0.2) is 74.9 Å². The summed E-state index contributed by atoms with van der Waals surface area (Å²) >= 11 is 0. The molecule has 0 aromatic heterocycles. The lowest BCUT2D eigenvalue weighted by Crippen LogP contribution is -2.37. The van der Waals surface area contributed by atoms with Crippen molar-refractivity contribution in [3.05, 3.63) is 158 Å². The van der Waals surface area contributed by atoms with Crippen molar-refractivity contribution < 1.29 is 42.1 Å². The predicted molar refractivity (Wildman–Crippen MR) is 426 cm³/mol. The van der Waals surface area contributed by atoms with Gasteiger partial charge in [-0.3, -0.25) is 18.6 Å². The smallest absolute Gasteiger partial charge is 0.462 e. The van der Waals surface area contributed by atoms with E-state index in [4.69, 9.17) is 18.5 Å². The van der Waals surface area contributed by atoms with Crippen LogP contribution in [0.25, 0.3) is 0 Å². The average molecular weight is 1380 g/mol. The van der Waals surface area contributed by atoms with Gasteiger partial charge in [-0.15, -0.1) is 0 Å². The fourth-order valence-corrected chi connectivity index (χ4v) is 11.7. The Labute approximate surface area is 605 Å². The molecule has 0 saturated heterocycles. The number of allylic oxidation sites excluding steroid dienone is 26. The van der Waals surface area contributed by atoms with Gasteiger partial charge in [-0.1, -0.05) is 358 Å². The highest BCUT2D eigenvalue weighted by Gasteiger charge is 2.27. The molecule has 0 aliphatic heterocycles. The molecule has 0 spiro atoms. The zero-order chi connectivity index (χ0) is 71.1. The van der Waals surface area contributed by atoms with Crippen LogP contribution in [0.1, 0.15) is 335 Å². The van der Waals surface area contributed by atoms with Gasteiger partial charge < -0.3 is 18.9 Å². The minimum Gasteiger partial charge on any atom is -0.462 e. The van der Waals surface area contributed by atoms with E-state index < -0.39 is 26.5 Å². The highest BCUT2D eigenvalue weighted by atomic mass is 31.2. The molecule has 0 fully saturated rings. The number of rotatable bonds is 73. The summed E-state index contributed by atoms with van der Waals surface area (Å²) < 4.78 is 34.8. The van der Waals surface area contributed by atoms with Gasteiger partial charge in [-0.25, -0.2) is 4.57 Å². The van der Waals surface area contributed by atoms with Crippen LogP contribution < -0.4 is 0 Å². The van der Waals surface area contributed by atoms with E-state index in [1.54, 1.807) is 0 Å². The molecule has 0 aliphatic carbocycles. The summed E-state index contributed by atoms with van der Waals surface area (Å²) in [6.45, 7) is 4.22. The number of hydrogen-bond donors (Lipinski definition) is 1. The molecule has 2 unspecified atom stereocenters. The Bertz CT molecular complexity index is 2220. The molecule has 0 bridgehead atoms. The van der Waals surface area contributed by atoms with Gasteiger partial charge in [-0.2, -0.15) is 0 Å². The van der Waals surface area contributed by atoms with Crippen molar-refractivity contribution in [1.29, 1.82) is 0 Å². The Balaban J connectivity index is 3.97. The van der Waals surface area contributed by atoms with Gasteiger partial charge in [0, 0.05) is 12.8 Å². The Morgan fingerprint density at radius 2 is 0.551 bits per heavy atom. The number of phosphoric ester groups is 1. The number of phosphoric acid groups is 1. The third kappa shape index (κ3) is 80.6. The van der Waals surface area contributed by atoms with Crippen molar-refractivity contribution in [2.75, 3.05) is 47.5 Å². The quantitative estimate of drug-likeness (QED) is 0.0211. The topological polar surface area (TPSA) is 108 Å². The van der Waals surface area contributed by atoms with Gasteiger partial charge in [0.1, 0.15) is 19.8 Å². The first-order valence-corrected chi connectivity index (χ1v) is 41.7. The van der Waals surface area contributed by atoms with Crippen LogP contribution in [0.4, 0.5) is 0 Å². The summed E-state index contributed by atoms with van der Waals surface area (Å²) in [7, 11) is 1.47. The summed E-state index contributed by atoms with van der Waals surface area (Å²) in [5, 5.41) is 0. The molecule has 0 heterocycles. The zero-order valence-corrected chi connectivity index (χ0v) is 64.9. The molecule has 9 nitrogen and oxygen atoms in total. The number of quaternary nitrogens is 1. The summed E-state index contributed by atoms with van der Waals surface area (Å²) in [5.74, 6) is -0.795. The van der Waals surface area contributed by atoms with E-state index in [2.05, 4.69) is 172 Å². The van der Waals surface area contributed by atoms with Gasteiger partial charge in [0.05, 0.1) is 27.7 Å². The molecular weight excluding hydrogens is 1230 g/mol. The summed E-state index contributed by atoms with van der Waals surface area (Å²) in [4.78, 5) is 36.0. The molecule has 2 atom stereocenters. The molecule has 98 heavy (non-hydrogen) atoms. The maximum absolute atomic E-state index is 12.9. The molecule has 0 aliphatic rings. The molecule has 0 saturated carbocycles. The highest BCUT2D eigenvalue weighted by molar-refractivity contribution is 7.47. The van der Waals surface area contributed by atoms with Crippen molar-refractivity contribution in [3.8, 4) is 0 Å². The molecule has 0 radical (unpaired) electrons. The van der Waals surface area contributed by atoms with Crippen molar-refractivity contribution in [2.45, 2.75) is 341 Å². The second-order valence-electron chi connectivity index (χ2n) is 27.7. The Morgan fingerprint density at radius 3 is 0.816 bits per heavy atom. The molecule has 560 valence electrons. The van der Waals surface area contributed by atoms with Gasteiger partial charge in [0.15, 0.2) is 6.10 Å². The SMILES string of the molecule is CC/C=C\C/C=C\C/C=C\C/C=C\C/C=C\C/C=C\C/C=C\CCCCCCCCCCCCCC(=O)OC(COC(=O)CCCCCCCCCCCCCCCCCCCCCCCC/C=C\C/C=C\C/C=C\C/C=C\C/C=C\C/C=C\CC)COP(=O)(O)OCC[N+](C)(C)C. The molecule has 1 N–H and O–H groups in total. The van der Waals surface area contributed by atoms with Crippen molar-refractivity contribution >= 4 is 19.8 Å². The Hall–Kier alpha value is -4.37. The van der Waals surface area contributed by atoms with Gasteiger partial charge in [0.2, 0.25) is 0 Å². The van der Waals surface area contributed by atoms with E-state index in [1.807, 2.05) is 21.1 Å². The number of esters is 2.